The lowest BCUT2D eigenvalue weighted by molar-refractivity contribution is 0.255. The van der Waals surface area contributed by atoms with E-state index in [0.717, 1.165) is 55.6 Å². The second-order valence-electron chi connectivity index (χ2n) is 7.20. The van der Waals surface area contributed by atoms with E-state index in [9.17, 15) is 8.42 Å². The molecule has 0 spiro atoms. The molecule has 2 heterocycles. The van der Waals surface area contributed by atoms with Gasteiger partial charge in [-0.25, -0.2) is 13.4 Å². The molecule has 1 fully saturated rings. The lowest BCUT2D eigenvalue weighted by atomic mass is 9.99. The van der Waals surface area contributed by atoms with Gasteiger partial charge in [0.25, 0.3) is 0 Å². The fourth-order valence-electron chi connectivity index (χ4n) is 3.47. The van der Waals surface area contributed by atoms with Gasteiger partial charge in [-0.15, -0.1) is 0 Å². The molecule has 6 heteroatoms. The number of aryl methyl sites for hydroxylation is 1. The Hall–Kier alpha value is -1.92. The summed E-state index contributed by atoms with van der Waals surface area (Å²) in [5.74, 6) is 0.843. The lowest BCUT2D eigenvalue weighted by Gasteiger charge is -2.35. The number of pyridine rings is 1. The molecule has 0 radical (unpaired) electrons. The fourth-order valence-corrected chi connectivity index (χ4v) is 5.15. The van der Waals surface area contributed by atoms with E-state index in [2.05, 4.69) is 17.2 Å². The number of piperidine rings is 1. The summed E-state index contributed by atoms with van der Waals surface area (Å²) < 4.78 is 28.1. The van der Waals surface area contributed by atoms with E-state index in [1.165, 1.54) is 0 Å². The number of nitrogens with zero attached hydrogens (tertiary/aromatic N) is 2. The molecule has 1 unspecified atom stereocenters. The van der Waals surface area contributed by atoms with Crippen molar-refractivity contribution >= 4 is 15.8 Å². The maximum Gasteiger partial charge on any atom is 0.243 e. The van der Waals surface area contributed by atoms with Gasteiger partial charge < -0.3 is 5.32 Å². The molecule has 0 amide bonds. The van der Waals surface area contributed by atoms with Crippen molar-refractivity contribution in [1.29, 1.82) is 0 Å². The Morgan fingerprint density at radius 3 is 2.59 bits per heavy atom. The van der Waals surface area contributed by atoms with Gasteiger partial charge in [-0.2, -0.15) is 4.31 Å². The highest BCUT2D eigenvalue weighted by Crippen LogP contribution is 2.35. The van der Waals surface area contributed by atoms with Crippen molar-refractivity contribution in [2.45, 2.75) is 56.9 Å². The molecular weight excluding hydrogens is 358 g/mol. The van der Waals surface area contributed by atoms with Crippen LogP contribution in [0.25, 0.3) is 0 Å². The second-order valence-corrected chi connectivity index (χ2v) is 9.09. The maximum atomic E-state index is 13.2. The van der Waals surface area contributed by atoms with Gasteiger partial charge in [-0.05, 0) is 49.9 Å². The Morgan fingerprint density at radius 2 is 1.93 bits per heavy atom. The van der Waals surface area contributed by atoms with Crippen LogP contribution in [0.15, 0.2) is 47.5 Å². The topological polar surface area (TPSA) is 62.3 Å². The van der Waals surface area contributed by atoms with E-state index in [4.69, 9.17) is 0 Å². The molecule has 1 atom stereocenters. The smallest absolute Gasteiger partial charge is 0.243 e. The van der Waals surface area contributed by atoms with E-state index in [1.54, 1.807) is 16.4 Å². The van der Waals surface area contributed by atoms with Gasteiger partial charge in [0.1, 0.15) is 5.82 Å². The minimum absolute atomic E-state index is 0.151. The van der Waals surface area contributed by atoms with Crippen molar-refractivity contribution in [3.63, 3.8) is 0 Å². The molecule has 0 saturated carbocycles. The summed E-state index contributed by atoms with van der Waals surface area (Å²) in [5, 5.41) is 3.31. The molecule has 1 aromatic carbocycles. The van der Waals surface area contributed by atoms with Crippen LogP contribution in [0.3, 0.4) is 0 Å². The van der Waals surface area contributed by atoms with E-state index >= 15 is 0 Å². The number of sulfonamides is 1. The first-order chi connectivity index (χ1) is 13.0. The van der Waals surface area contributed by atoms with Gasteiger partial charge in [0.15, 0.2) is 0 Å². The van der Waals surface area contributed by atoms with Crippen LogP contribution in [0.2, 0.25) is 0 Å². The molecule has 3 rings (SSSR count). The zero-order valence-electron chi connectivity index (χ0n) is 16.2. The van der Waals surface area contributed by atoms with E-state index in [-0.39, 0.29) is 6.04 Å². The first-order valence-corrected chi connectivity index (χ1v) is 11.2. The van der Waals surface area contributed by atoms with Crippen molar-refractivity contribution in [2.24, 2.45) is 0 Å². The van der Waals surface area contributed by atoms with Crippen LogP contribution in [0.1, 0.15) is 56.2 Å². The Labute approximate surface area is 162 Å². The monoisotopic (exact) mass is 387 g/mol. The van der Waals surface area contributed by atoms with Crippen LogP contribution in [-0.4, -0.2) is 30.8 Å². The molecule has 1 aromatic heterocycles. The number of unbranched alkanes of at least 4 members (excludes halogenated alkanes) is 1. The maximum absolute atomic E-state index is 13.2. The molecule has 1 saturated heterocycles. The molecule has 1 N–H and O–H groups in total. The summed E-state index contributed by atoms with van der Waals surface area (Å²) in [4.78, 5) is 4.86. The van der Waals surface area contributed by atoms with Crippen molar-refractivity contribution < 1.29 is 8.42 Å². The average molecular weight is 388 g/mol. The van der Waals surface area contributed by atoms with Crippen molar-refractivity contribution in [1.82, 2.24) is 9.29 Å². The molecule has 146 valence electrons. The van der Waals surface area contributed by atoms with Gasteiger partial charge in [0.05, 0.1) is 10.9 Å². The zero-order chi connectivity index (χ0) is 19.3. The summed E-state index contributed by atoms with van der Waals surface area (Å²) in [6.07, 6.45) is 6.82. The number of aromatic nitrogens is 1. The first-order valence-electron chi connectivity index (χ1n) is 9.80. The number of benzene rings is 1. The van der Waals surface area contributed by atoms with E-state index < -0.39 is 10.0 Å². The van der Waals surface area contributed by atoms with Gasteiger partial charge in [0, 0.05) is 19.3 Å². The summed E-state index contributed by atoms with van der Waals surface area (Å²) in [6.45, 7) is 5.57. The molecular formula is C21H29N3O2S. The minimum atomic E-state index is -3.51. The summed E-state index contributed by atoms with van der Waals surface area (Å²) in [7, 11) is -3.51. The Balaban J connectivity index is 1.82. The van der Waals surface area contributed by atoms with Gasteiger partial charge in [-0.1, -0.05) is 43.5 Å². The minimum Gasteiger partial charge on any atom is -0.370 e. The van der Waals surface area contributed by atoms with Crippen LogP contribution in [0, 0.1) is 6.92 Å². The van der Waals surface area contributed by atoms with E-state index in [1.807, 2.05) is 37.4 Å². The number of anilines is 1. The summed E-state index contributed by atoms with van der Waals surface area (Å²) in [5.41, 5.74) is 2.02. The highest BCUT2D eigenvalue weighted by molar-refractivity contribution is 7.89. The third kappa shape index (κ3) is 4.68. The Kier molecular flexibility index (Phi) is 6.50. The van der Waals surface area contributed by atoms with Crippen molar-refractivity contribution in [2.75, 3.05) is 18.4 Å². The summed E-state index contributed by atoms with van der Waals surface area (Å²) in [6, 6.07) is 10.9. The molecule has 1 aliphatic heterocycles. The predicted molar refractivity (Wildman–Crippen MR) is 109 cm³/mol. The number of hydrogen-bond donors (Lipinski definition) is 1. The van der Waals surface area contributed by atoms with E-state index in [0.29, 0.717) is 11.4 Å². The first kappa shape index (κ1) is 19.8. The second kappa shape index (κ2) is 8.85. The standard InChI is InChI=1S/C21H29N3O2S/c1-3-4-14-22-21-13-10-18(16-23-21)20-7-5-6-15-24(20)27(25,26)19-11-8-17(2)9-12-19/h8-13,16,20H,3-7,14-15H2,1-2H3,(H,22,23). The average Bonchev–Trinajstić information content (AvgIpc) is 2.69. The zero-order valence-corrected chi connectivity index (χ0v) is 17.0. The third-order valence-corrected chi connectivity index (χ3v) is 7.01. The van der Waals surface area contributed by atoms with Gasteiger partial charge in [0.2, 0.25) is 10.0 Å². The molecule has 0 bridgehead atoms. The fraction of sp³-hybridized carbons (Fsp3) is 0.476. The van der Waals surface area contributed by atoms with Crippen molar-refractivity contribution in [3.8, 4) is 0 Å². The van der Waals surface area contributed by atoms with Gasteiger partial charge in [-0.3, -0.25) is 0 Å². The quantitative estimate of drug-likeness (QED) is 0.710. The number of rotatable bonds is 7. The molecule has 1 aliphatic rings. The van der Waals surface area contributed by atoms with Crippen LogP contribution >= 0.6 is 0 Å². The normalized spacial score (nSPS) is 18.4. The highest BCUT2D eigenvalue weighted by Gasteiger charge is 2.34. The molecule has 0 aliphatic carbocycles. The number of nitrogens with one attached hydrogen (secondary N) is 1. The number of hydrogen-bond acceptors (Lipinski definition) is 4. The Morgan fingerprint density at radius 1 is 1.15 bits per heavy atom. The van der Waals surface area contributed by atoms with Crippen LogP contribution in [0.4, 0.5) is 5.82 Å². The molecule has 5 nitrogen and oxygen atoms in total. The summed E-state index contributed by atoms with van der Waals surface area (Å²) >= 11 is 0. The van der Waals surface area contributed by atoms with Gasteiger partial charge >= 0.3 is 0 Å². The van der Waals surface area contributed by atoms with Crippen molar-refractivity contribution in [3.05, 3.63) is 53.7 Å². The Bertz CT molecular complexity index is 833. The lowest BCUT2D eigenvalue weighted by Crippen LogP contribution is -2.38. The third-order valence-electron chi connectivity index (χ3n) is 5.09. The SMILES string of the molecule is CCCCNc1ccc(C2CCCCN2S(=O)(=O)c2ccc(C)cc2)cn1. The molecule has 2 aromatic rings. The van der Waals surface area contributed by atoms with Crippen LogP contribution in [0.5, 0.6) is 0 Å². The highest BCUT2D eigenvalue weighted by atomic mass is 32.2. The largest absolute Gasteiger partial charge is 0.370 e. The van der Waals surface area contributed by atoms with Crippen LogP contribution < -0.4 is 5.32 Å². The molecule has 27 heavy (non-hydrogen) atoms. The van der Waals surface area contributed by atoms with Crippen LogP contribution in [-0.2, 0) is 10.0 Å². The predicted octanol–water partition coefficient (Wildman–Crippen LogP) is 4.52.